The van der Waals surface area contributed by atoms with E-state index >= 15 is 0 Å². The molecule has 0 saturated carbocycles. The van der Waals surface area contributed by atoms with Gasteiger partial charge in [0.2, 0.25) is 0 Å². The molecule has 1 atom stereocenters. The Kier molecular flexibility index (Phi) is 7.74. The van der Waals surface area contributed by atoms with E-state index in [0.717, 1.165) is 0 Å². The van der Waals surface area contributed by atoms with Crippen LogP contribution in [0.25, 0.3) is 10.4 Å². The van der Waals surface area contributed by atoms with E-state index < -0.39 is 17.8 Å². The molecular weight excluding hydrogens is 343 g/mol. The number of benzene rings is 1. The van der Waals surface area contributed by atoms with Crippen molar-refractivity contribution in [2.75, 3.05) is 19.7 Å². The Balaban J connectivity index is 2.78. The highest BCUT2D eigenvalue weighted by Crippen LogP contribution is 2.21. The average molecular weight is 359 g/mol. The number of hydrogen-bond donors (Lipinski definition) is 1. The molecule has 1 N–H and O–H groups in total. The number of carbonyl (C=O) groups is 1. The zero-order valence-electron chi connectivity index (χ0n) is 11.6. The Labute approximate surface area is 130 Å². The molecule has 0 spiro atoms. The van der Waals surface area contributed by atoms with Crippen LogP contribution in [0.15, 0.2) is 27.8 Å². The fourth-order valence-electron chi connectivity index (χ4n) is 1.70. The second kappa shape index (κ2) is 9.33. The van der Waals surface area contributed by atoms with Crippen LogP contribution in [0, 0.1) is 5.82 Å². The van der Waals surface area contributed by atoms with Gasteiger partial charge in [-0.25, -0.2) is 9.18 Å². The predicted molar refractivity (Wildman–Crippen MR) is 80.1 cm³/mol. The van der Waals surface area contributed by atoms with E-state index in [1.54, 1.807) is 19.1 Å². The smallest absolute Gasteiger partial charge is 0.327 e. The summed E-state index contributed by atoms with van der Waals surface area (Å²) in [5.41, 5.74) is 8.67. The SMILES string of the molecule is CCOC(=O)C(NCCCN=[N+]=[N-])c1ccc(Br)c(F)c1. The van der Waals surface area contributed by atoms with E-state index in [2.05, 4.69) is 31.3 Å². The number of nitrogens with zero attached hydrogens (tertiary/aromatic N) is 3. The first-order valence-corrected chi connectivity index (χ1v) is 7.25. The molecule has 8 heteroatoms. The molecule has 0 aliphatic heterocycles. The maximum Gasteiger partial charge on any atom is 0.327 e. The number of azide groups is 1. The minimum absolute atomic E-state index is 0.245. The number of carbonyl (C=O) groups excluding carboxylic acids is 1. The normalized spacial score (nSPS) is 11.6. The summed E-state index contributed by atoms with van der Waals surface area (Å²) < 4.78 is 18.9. The van der Waals surface area contributed by atoms with E-state index in [1.807, 2.05) is 0 Å². The maximum atomic E-state index is 13.6. The van der Waals surface area contributed by atoms with Gasteiger partial charge in [0.1, 0.15) is 11.9 Å². The second-order valence-corrected chi connectivity index (χ2v) is 4.98. The van der Waals surface area contributed by atoms with E-state index in [1.165, 1.54) is 6.07 Å². The van der Waals surface area contributed by atoms with Gasteiger partial charge >= 0.3 is 5.97 Å². The van der Waals surface area contributed by atoms with Crippen LogP contribution in [0.2, 0.25) is 0 Å². The van der Waals surface area contributed by atoms with Gasteiger partial charge in [0, 0.05) is 11.5 Å². The van der Waals surface area contributed by atoms with Crippen LogP contribution in [-0.4, -0.2) is 25.7 Å². The van der Waals surface area contributed by atoms with Crippen molar-refractivity contribution in [1.29, 1.82) is 0 Å². The lowest BCUT2D eigenvalue weighted by Crippen LogP contribution is -2.31. The molecule has 0 radical (unpaired) electrons. The highest BCUT2D eigenvalue weighted by atomic mass is 79.9. The van der Waals surface area contributed by atoms with Crippen LogP contribution in [0.4, 0.5) is 4.39 Å². The van der Waals surface area contributed by atoms with Gasteiger partial charge in [-0.3, -0.25) is 0 Å². The topological polar surface area (TPSA) is 87.1 Å². The fraction of sp³-hybridized carbons (Fsp3) is 0.462. The number of halogens is 2. The first kappa shape index (κ1) is 17.4. The van der Waals surface area contributed by atoms with Gasteiger partial charge in [-0.05, 0) is 59.0 Å². The van der Waals surface area contributed by atoms with Gasteiger partial charge in [-0.1, -0.05) is 11.2 Å². The predicted octanol–water partition coefficient (Wildman–Crippen LogP) is 3.48. The Morgan fingerprint density at radius 2 is 2.38 bits per heavy atom. The second-order valence-electron chi connectivity index (χ2n) is 4.12. The van der Waals surface area contributed by atoms with Crippen molar-refractivity contribution in [3.05, 3.63) is 44.5 Å². The molecule has 1 aromatic carbocycles. The Morgan fingerprint density at radius 1 is 1.62 bits per heavy atom. The third-order valence-electron chi connectivity index (χ3n) is 2.65. The molecule has 1 unspecified atom stereocenters. The van der Waals surface area contributed by atoms with Crippen molar-refractivity contribution in [3.8, 4) is 0 Å². The van der Waals surface area contributed by atoms with Crippen molar-refractivity contribution in [3.63, 3.8) is 0 Å². The van der Waals surface area contributed by atoms with E-state index in [9.17, 15) is 9.18 Å². The molecule has 0 aromatic heterocycles. The molecule has 0 heterocycles. The third-order valence-corrected chi connectivity index (χ3v) is 3.29. The lowest BCUT2D eigenvalue weighted by molar-refractivity contribution is -0.145. The summed E-state index contributed by atoms with van der Waals surface area (Å²) in [6, 6.07) is 3.72. The summed E-state index contributed by atoms with van der Waals surface area (Å²) in [4.78, 5) is 14.6. The highest BCUT2D eigenvalue weighted by molar-refractivity contribution is 9.10. The summed E-state index contributed by atoms with van der Waals surface area (Å²) in [6.07, 6.45) is 0.568. The van der Waals surface area contributed by atoms with Gasteiger partial charge < -0.3 is 10.1 Å². The Hall–Kier alpha value is -1.63. The molecule has 0 aliphatic rings. The standard InChI is InChI=1S/C13H16BrFN4O2/c1-2-21-13(20)12(17-6-3-7-18-19-16)9-4-5-10(14)11(15)8-9/h4-5,8,12,17H,2-3,6-7H2,1H3. The molecule has 0 bridgehead atoms. The van der Waals surface area contributed by atoms with Gasteiger partial charge in [-0.2, -0.15) is 0 Å². The number of hydrogen-bond acceptors (Lipinski definition) is 4. The summed E-state index contributed by atoms with van der Waals surface area (Å²) >= 11 is 3.07. The van der Waals surface area contributed by atoms with Gasteiger partial charge in [0.15, 0.2) is 0 Å². The zero-order chi connectivity index (χ0) is 15.7. The van der Waals surface area contributed by atoms with Gasteiger partial charge in [0.05, 0.1) is 11.1 Å². The van der Waals surface area contributed by atoms with E-state index in [4.69, 9.17) is 10.3 Å². The van der Waals surface area contributed by atoms with Crippen LogP contribution in [0.1, 0.15) is 24.9 Å². The molecule has 1 aromatic rings. The molecule has 0 aliphatic carbocycles. The first-order valence-electron chi connectivity index (χ1n) is 6.46. The molecule has 6 nitrogen and oxygen atoms in total. The first-order chi connectivity index (χ1) is 10.1. The summed E-state index contributed by atoms with van der Waals surface area (Å²) in [7, 11) is 0. The number of ether oxygens (including phenoxy) is 1. The maximum absolute atomic E-state index is 13.6. The molecular formula is C13H16BrFN4O2. The van der Waals surface area contributed by atoms with Crippen LogP contribution in [0.3, 0.4) is 0 Å². The summed E-state index contributed by atoms with van der Waals surface area (Å²) in [5.74, 6) is -0.916. The van der Waals surface area contributed by atoms with Crippen molar-refractivity contribution >= 4 is 21.9 Å². The van der Waals surface area contributed by atoms with Crippen LogP contribution >= 0.6 is 15.9 Å². The highest BCUT2D eigenvalue weighted by Gasteiger charge is 2.22. The number of esters is 1. The van der Waals surface area contributed by atoms with Crippen LogP contribution in [-0.2, 0) is 9.53 Å². The van der Waals surface area contributed by atoms with E-state index in [0.29, 0.717) is 29.5 Å². The Morgan fingerprint density at radius 3 is 3.00 bits per heavy atom. The molecule has 1 rings (SSSR count). The monoisotopic (exact) mass is 358 g/mol. The minimum atomic E-state index is -0.751. The van der Waals surface area contributed by atoms with Crippen molar-refractivity contribution in [1.82, 2.24) is 5.32 Å². The molecule has 114 valence electrons. The third kappa shape index (κ3) is 5.71. The molecule has 21 heavy (non-hydrogen) atoms. The molecule has 0 fully saturated rings. The lowest BCUT2D eigenvalue weighted by atomic mass is 10.1. The lowest BCUT2D eigenvalue weighted by Gasteiger charge is -2.17. The molecule has 0 amide bonds. The number of rotatable bonds is 8. The Bertz CT molecular complexity index is 535. The zero-order valence-corrected chi connectivity index (χ0v) is 13.1. The van der Waals surface area contributed by atoms with Gasteiger partial charge in [-0.15, -0.1) is 0 Å². The number of nitrogens with one attached hydrogen (secondary N) is 1. The average Bonchev–Trinajstić information content (AvgIpc) is 2.46. The van der Waals surface area contributed by atoms with Crippen molar-refractivity contribution in [2.45, 2.75) is 19.4 Å². The molecule has 0 saturated heterocycles. The van der Waals surface area contributed by atoms with Crippen molar-refractivity contribution < 1.29 is 13.9 Å². The quantitative estimate of drug-likeness (QED) is 0.253. The fourth-order valence-corrected chi connectivity index (χ4v) is 1.94. The van der Waals surface area contributed by atoms with Gasteiger partial charge in [0.25, 0.3) is 0 Å². The van der Waals surface area contributed by atoms with E-state index in [-0.39, 0.29) is 6.61 Å². The summed E-state index contributed by atoms with van der Waals surface area (Å²) in [5, 5.41) is 6.39. The minimum Gasteiger partial charge on any atom is -0.465 e. The van der Waals surface area contributed by atoms with Crippen molar-refractivity contribution in [2.24, 2.45) is 5.11 Å². The summed E-state index contributed by atoms with van der Waals surface area (Å²) in [6.45, 7) is 2.72. The van der Waals surface area contributed by atoms with Crippen LogP contribution in [0.5, 0.6) is 0 Å². The van der Waals surface area contributed by atoms with Crippen LogP contribution < -0.4 is 5.32 Å². The largest absolute Gasteiger partial charge is 0.465 e.